The van der Waals surface area contributed by atoms with Gasteiger partial charge in [-0.3, -0.25) is 4.79 Å². The molecular weight excluding hydrogens is 344 g/mol. The minimum absolute atomic E-state index is 0.103. The molecule has 0 aliphatic carbocycles. The molecule has 0 radical (unpaired) electrons. The summed E-state index contributed by atoms with van der Waals surface area (Å²) in [5, 5.41) is 30.7. The van der Waals surface area contributed by atoms with Crippen LogP contribution in [0, 0.1) is 0 Å². The summed E-state index contributed by atoms with van der Waals surface area (Å²) in [4.78, 5) is 27.6. The molecule has 2 aromatic carbocycles. The van der Waals surface area contributed by atoms with Gasteiger partial charge in [-0.25, -0.2) is 9.79 Å². The van der Waals surface area contributed by atoms with Gasteiger partial charge in [-0.15, -0.1) is 0 Å². The number of rotatable bonds is 3. The van der Waals surface area contributed by atoms with Crippen molar-refractivity contribution in [1.82, 2.24) is 5.32 Å². The third-order valence-corrected chi connectivity index (χ3v) is 4.18. The third-order valence-electron chi connectivity index (χ3n) is 3.27. The number of phenols is 2. The van der Waals surface area contributed by atoms with E-state index in [1.54, 1.807) is 24.3 Å². The van der Waals surface area contributed by atoms with Crippen LogP contribution in [0.2, 0.25) is 0 Å². The molecule has 0 aromatic heterocycles. The van der Waals surface area contributed by atoms with E-state index in [2.05, 4.69) is 10.3 Å². The molecule has 0 unspecified atom stereocenters. The Morgan fingerprint density at radius 1 is 1.12 bits per heavy atom. The lowest BCUT2D eigenvalue weighted by Crippen LogP contribution is -2.19. The van der Waals surface area contributed by atoms with Gasteiger partial charge in [-0.2, -0.15) is 0 Å². The number of aromatic hydroxyl groups is 2. The predicted molar refractivity (Wildman–Crippen MR) is 94.0 cm³/mol. The minimum Gasteiger partial charge on any atom is -0.504 e. The first-order chi connectivity index (χ1) is 11.9. The summed E-state index contributed by atoms with van der Waals surface area (Å²) in [5.41, 5.74) is 1.06. The van der Waals surface area contributed by atoms with Gasteiger partial charge in [0.05, 0.1) is 16.2 Å². The first-order valence-electron chi connectivity index (χ1n) is 7.07. The fourth-order valence-electron chi connectivity index (χ4n) is 2.09. The number of nitrogens with zero attached hydrogens (tertiary/aromatic N) is 1. The average molecular weight is 356 g/mol. The highest BCUT2D eigenvalue weighted by Crippen LogP contribution is 2.31. The molecule has 1 fully saturated rings. The Bertz CT molecular complexity index is 936. The number of amides is 1. The zero-order chi connectivity index (χ0) is 18.0. The van der Waals surface area contributed by atoms with E-state index < -0.39 is 5.97 Å². The van der Waals surface area contributed by atoms with Crippen molar-refractivity contribution in [3.8, 4) is 11.5 Å². The molecule has 126 valence electrons. The summed E-state index contributed by atoms with van der Waals surface area (Å²) in [6.45, 7) is 0. The van der Waals surface area contributed by atoms with Gasteiger partial charge in [-0.05, 0) is 53.7 Å². The lowest BCUT2D eigenvalue weighted by atomic mass is 10.2. The molecule has 2 aromatic rings. The number of aromatic carboxylic acids is 1. The van der Waals surface area contributed by atoms with Crippen LogP contribution in [0.1, 0.15) is 15.9 Å². The lowest BCUT2D eigenvalue weighted by Gasteiger charge is -1.99. The summed E-state index contributed by atoms with van der Waals surface area (Å²) < 4.78 is 0. The number of carboxylic acid groups (broad SMARTS) is 1. The van der Waals surface area contributed by atoms with Crippen molar-refractivity contribution in [2.75, 3.05) is 0 Å². The quantitative estimate of drug-likeness (QED) is 0.496. The molecule has 1 amide bonds. The summed E-state index contributed by atoms with van der Waals surface area (Å²) in [6.07, 6.45) is 1.55. The van der Waals surface area contributed by atoms with E-state index in [4.69, 9.17) is 5.11 Å². The maximum absolute atomic E-state index is 12.0. The summed E-state index contributed by atoms with van der Waals surface area (Å²) >= 11 is 1.09. The van der Waals surface area contributed by atoms with E-state index >= 15 is 0 Å². The number of hydrogen-bond acceptors (Lipinski definition) is 6. The highest BCUT2D eigenvalue weighted by Gasteiger charge is 2.24. The van der Waals surface area contributed by atoms with Crippen LogP contribution in [-0.4, -0.2) is 32.4 Å². The van der Waals surface area contributed by atoms with Gasteiger partial charge in [0.25, 0.3) is 5.91 Å². The molecule has 3 rings (SSSR count). The topological polar surface area (TPSA) is 119 Å². The van der Waals surface area contributed by atoms with Gasteiger partial charge in [0, 0.05) is 0 Å². The van der Waals surface area contributed by atoms with Crippen LogP contribution in [0.25, 0.3) is 6.08 Å². The predicted octanol–water partition coefficient (Wildman–Crippen LogP) is 2.69. The first kappa shape index (κ1) is 16.6. The van der Waals surface area contributed by atoms with Crippen LogP contribution in [-0.2, 0) is 4.79 Å². The molecule has 7 nitrogen and oxygen atoms in total. The first-order valence-corrected chi connectivity index (χ1v) is 7.89. The molecule has 0 bridgehead atoms. The van der Waals surface area contributed by atoms with Crippen LogP contribution in [0.15, 0.2) is 52.4 Å². The molecule has 0 saturated carbocycles. The van der Waals surface area contributed by atoms with Crippen molar-refractivity contribution in [1.29, 1.82) is 0 Å². The van der Waals surface area contributed by atoms with Gasteiger partial charge < -0.3 is 20.6 Å². The Balaban J connectivity index is 1.84. The van der Waals surface area contributed by atoms with Crippen LogP contribution in [0.3, 0.4) is 0 Å². The standard InChI is InChI=1S/C17H12N2O5S/c20-12-5-4-9(6-13(12)21)7-14-15(22)19-17(25-14)18-11-3-1-2-10(8-11)16(23)24/h1-8,20-21H,(H,23,24)(H,18,19,22)/b14-7+. The molecule has 1 aliphatic rings. The minimum atomic E-state index is -1.06. The lowest BCUT2D eigenvalue weighted by molar-refractivity contribution is -0.115. The number of hydrogen-bond donors (Lipinski definition) is 4. The zero-order valence-corrected chi connectivity index (χ0v) is 13.4. The van der Waals surface area contributed by atoms with Crippen LogP contribution in [0.5, 0.6) is 11.5 Å². The highest BCUT2D eigenvalue weighted by atomic mass is 32.2. The second-order valence-electron chi connectivity index (χ2n) is 5.09. The monoisotopic (exact) mass is 356 g/mol. The number of carbonyl (C=O) groups is 2. The van der Waals surface area contributed by atoms with Crippen molar-refractivity contribution >= 4 is 40.6 Å². The fourth-order valence-corrected chi connectivity index (χ4v) is 2.93. The smallest absolute Gasteiger partial charge is 0.335 e. The number of phenolic OH excluding ortho intramolecular Hbond substituents is 2. The van der Waals surface area contributed by atoms with Gasteiger partial charge in [0.15, 0.2) is 16.7 Å². The summed E-state index contributed by atoms with van der Waals surface area (Å²) in [7, 11) is 0. The van der Waals surface area contributed by atoms with Crippen LogP contribution >= 0.6 is 11.8 Å². The maximum atomic E-state index is 12.0. The Morgan fingerprint density at radius 3 is 2.64 bits per heavy atom. The molecule has 1 heterocycles. The summed E-state index contributed by atoms with van der Waals surface area (Å²) in [5.74, 6) is -1.94. The molecule has 1 aliphatic heterocycles. The second-order valence-corrected chi connectivity index (χ2v) is 6.12. The van der Waals surface area contributed by atoms with E-state index in [9.17, 15) is 19.8 Å². The number of nitrogens with one attached hydrogen (secondary N) is 1. The molecule has 0 atom stereocenters. The number of benzene rings is 2. The van der Waals surface area contributed by atoms with Crippen LogP contribution < -0.4 is 5.32 Å². The van der Waals surface area contributed by atoms with Crippen molar-refractivity contribution in [3.63, 3.8) is 0 Å². The van der Waals surface area contributed by atoms with Gasteiger partial charge >= 0.3 is 5.97 Å². The van der Waals surface area contributed by atoms with Crippen molar-refractivity contribution < 1.29 is 24.9 Å². The van der Waals surface area contributed by atoms with Gasteiger partial charge in [0.1, 0.15) is 0 Å². The fraction of sp³-hybridized carbons (Fsp3) is 0. The molecule has 4 N–H and O–H groups in total. The van der Waals surface area contributed by atoms with Gasteiger partial charge in [-0.1, -0.05) is 12.1 Å². The normalized spacial score (nSPS) is 17.0. The van der Waals surface area contributed by atoms with E-state index in [0.717, 1.165) is 11.8 Å². The van der Waals surface area contributed by atoms with Gasteiger partial charge in [0.2, 0.25) is 0 Å². The summed E-state index contributed by atoms with van der Waals surface area (Å²) in [6, 6.07) is 10.3. The Hall–Kier alpha value is -3.26. The molecule has 1 saturated heterocycles. The van der Waals surface area contributed by atoms with Crippen molar-refractivity contribution in [3.05, 3.63) is 58.5 Å². The Labute approximate surface area is 146 Å². The Kier molecular flexibility index (Phi) is 4.44. The van der Waals surface area contributed by atoms with Crippen molar-refractivity contribution in [2.24, 2.45) is 4.99 Å². The molecule has 0 spiro atoms. The van der Waals surface area contributed by atoms with Crippen LogP contribution in [0.4, 0.5) is 5.69 Å². The third kappa shape index (κ3) is 3.81. The molecule has 8 heteroatoms. The highest BCUT2D eigenvalue weighted by molar-refractivity contribution is 8.18. The second kappa shape index (κ2) is 6.70. The van der Waals surface area contributed by atoms with E-state index in [1.807, 2.05) is 0 Å². The number of thioether (sulfide) groups is 1. The van der Waals surface area contributed by atoms with E-state index in [0.29, 0.717) is 21.3 Å². The average Bonchev–Trinajstić information content (AvgIpc) is 2.90. The van der Waals surface area contributed by atoms with Crippen molar-refractivity contribution in [2.45, 2.75) is 0 Å². The van der Waals surface area contributed by atoms with E-state index in [1.165, 1.54) is 24.3 Å². The largest absolute Gasteiger partial charge is 0.504 e. The molecule has 25 heavy (non-hydrogen) atoms. The zero-order valence-electron chi connectivity index (χ0n) is 12.6. The maximum Gasteiger partial charge on any atom is 0.335 e. The molecular formula is C17H12N2O5S. The number of carbonyl (C=O) groups excluding carboxylic acids is 1. The Morgan fingerprint density at radius 2 is 1.92 bits per heavy atom. The SMILES string of the molecule is O=C1NC(=Nc2cccc(C(=O)O)c2)S/C1=C/c1ccc(O)c(O)c1. The van der Waals surface area contributed by atoms with E-state index in [-0.39, 0.29) is 23.0 Å². The number of carboxylic acids is 1. The number of aliphatic imine (C=N–C) groups is 1. The number of amidine groups is 1.